The number of carbonyl (C=O) groups is 1. The van der Waals surface area contributed by atoms with Crippen LogP contribution in [-0.4, -0.2) is 34.7 Å². The minimum Gasteiger partial charge on any atom is -0.475 e. The molecule has 0 radical (unpaired) electrons. The van der Waals surface area contributed by atoms with Crippen LogP contribution in [0.2, 0.25) is 0 Å². The molecule has 0 saturated carbocycles. The Balaban J connectivity index is 2.30. The number of hydrogen-bond acceptors (Lipinski definition) is 7. The highest BCUT2D eigenvalue weighted by molar-refractivity contribution is 7.92. The second kappa shape index (κ2) is 4.89. The third-order valence-electron chi connectivity index (χ3n) is 2.37. The van der Waals surface area contributed by atoms with Crippen molar-refractivity contribution in [2.45, 2.75) is 18.9 Å². The van der Waals surface area contributed by atoms with E-state index in [-0.39, 0.29) is 5.95 Å². The van der Waals surface area contributed by atoms with Gasteiger partial charge in [-0.1, -0.05) is 0 Å². The lowest BCUT2D eigenvalue weighted by molar-refractivity contribution is 0.0656. The van der Waals surface area contributed by atoms with E-state index in [0.29, 0.717) is 11.4 Å². The molecule has 0 aliphatic rings. The number of rotatable bonds is 4. The normalized spacial score (nSPS) is 11.3. The SMILES string of the molecule is Cc1nnc(NS(=O)(=O)c2ccc(C(=O)O)o2)nc1C. The molecule has 0 unspecified atom stereocenters. The van der Waals surface area contributed by atoms with Crippen LogP contribution in [0.1, 0.15) is 21.9 Å². The molecular formula is C10H10N4O5S. The van der Waals surface area contributed by atoms with Gasteiger partial charge in [0.15, 0.2) is 0 Å². The standard InChI is InChI=1S/C10H10N4O5S/c1-5-6(2)12-13-10(11-5)14-20(17,18)8-4-3-7(19-8)9(15)16/h3-4H,1-2H3,(H,15,16)(H,11,13,14). The quantitative estimate of drug-likeness (QED) is 0.836. The van der Waals surface area contributed by atoms with Gasteiger partial charge in [-0.15, -0.1) is 5.10 Å². The van der Waals surface area contributed by atoms with Crippen LogP contribution in [0.4, 0.5) is 5.95 Å². The van der Waals surface area contributed by atoms with Crippen molar-refractivity contribution in [3.8, 4) is 0 Å². The van der Waals surface area contributed by atoms with Gasteiger partial charge in [0, 0.05) is 0 Å². The molecule has 0 aliphatic heterocycles. The number of anilines is 1. The van der Waals surface area contributed by atoms with Crippen molar-refractivity contribution in [2.75, 3.05) is 4.72 Å². The Labute approximate surface area is 113 Å². The van der Waals surface area contributed by atoms with Gasteiger partial charge >= 0.3 is 5.97 Å². The van der Waals surface area contributed by atoms with Gasteiger partial charge in [-0.2, -0.15) is 13.5 Å². The fraction of sp³-hybridized carbons (Fsp3) is 0.200. The van der Waals surface area contributed by atoms with Crippen LogP contribution in [0.3, 0.4) is 0 Å². The predicted molar refractivity (Wildman–Crippen MR) is 65.8 cm³/mol. The molecule has 2 aromatic rings. The Bertz CT molecular complexity index is 768. The van der Waals surface area contributed by atoms with Gasteiger partial charge in [0.1, 0.15) is 0 Å². The van der Waals surface area contributed by atoms with Crippen LogP contribution >= 0.6 is 0 Å². The topological polar surface area (TPSA) is 135 Å². The third kappa shape index (κ3) is 2.74. The van der Waals surface area contributed by atoms with E-state index >= 15 is 0 Å². The maximum absolute atomic E-state index is 11.9. The third-order valence-corrected chi connectivity index (χ3v) is 3.58. The molecule has 10 heteroatoms. The Morgan fingerprint density at radius 3 is 2.50 bits per heavy atom. The van der Waals surface area contributed by atoms with Crippen LogP contribution < -0.4 is 4.72 Å². The van der Waals surface area contributed by atoms with Gasteiger partial charge in [-0.25, -0.2) is 14.5 Å². The maximum Gasteiger partial charge on any atom is 0.371 e. The fourth-order valence-corrected chi connectivity index (χ4v) is 2.12. The van der Waals surface area contributed by atoms with Crippen molar-refractivity contribution in [1.82, 2.24) is 15.2 Å². The van der Waals surface area contributed by atoms with Crippen molar-refractivity contribution in [2.24, 2.45) is 0 Å². The van der Waals surface area contributed by atoms with Crippen LogP contribution in [-0.2, 0) is 10.0 Å². The molecule has 0 spiro atoms. The smallest absolute Gasteiger partial charge is 0.371 e. The first-order valence-corrected chi connectivity index (χ1v) is 6.82. The largest absolute Gasteiger partial charge is 0.475 e. The zero-order valence-electron chi connectivity index (χ0n) is 10.5. The summed E-state index contributed by atoms with van der Waals surface area (Å²) in [4.78, 5) is 14.5. The first-order chi connectivity index (χ1) is 9.29. The van der Waals surface area contributed by atoms with Crippen molar-refractivity contribution < 1.29 is 22.7 Å². The van der Waals surface area contributed by atoms with Crippen LogP contribution in [0.25, 0.3) is 0 Å². The number of aryl methyl sites for hydroxylation is 2. The number of carboxylic acids is 1. The van der Waals surface area contributed by atoms with E-state index in [2.05, 4.69) is 19.9 Å². The summed E-state index contributed by atoms with van der Waals surface area (Å²) in [5.41, 5.74) is 1.09. The van der Waals surface area contributed by atoms with E-state index < -0.39 is 26.8 Å². The summed E-state index contributed by atoms with van der Waals surface area (Å²) in [5.74, 6) is -2.07. The molecule has 106 valence electrons. The molecule has 2 rings (SSSR count). The Kier molecular flexibility index (Phi) is 3.40. The molecule has 0 atom stereocenters. The van der Waals surface area contributed by atoms with Crippen molar-refractivity contribution >= 4 is 21.9 Å². The van der Waals surface area contributed by atoms with Gasteiger partial charge in [-0.05, 0) is 26.0 Å². The zero-order chi connectivity index (χ0) is 14.9. The number of nitrogens with one attached hydrogen (secondary N) is 1. The number of sulfonamides is 1. The Morgan fingerprint density at radius 1 is 1.25 bits per heavy atom. The Morgan fingerprint density at radius 2 is 1.95 bits per heavy atom. The minimum atomic E-state index is -4.10. The lowest BCUT2D eigenvalue weighted by atomic mass is 10.4. The summed E-state index contributed by atoms with van der Waals surface area (Å²) in [6.07, 6.45) is 0. The molecule has 0 bridgehead atoms. The Hall–Kier alpha value is -2.49. The summed E-state index contributed by atoms with van der Waals surface area (Å²) in [6.45, 7) is 3.33. The second-order valence-corrected chi connectivity index (χ2v) is 5.45. The molecule has 0 fully saturated rings. The van der Waals surface area contributed by atoms with Crippen LogP contribution in [0.15, 0.2) is 21.6 Å². The summed E-state index contributed by atoms with van der Waals surface area (Å²) in [6, 6.07) is 2.07. The first kappa shape index (κ1) is 13.9. The summed E-state index contributed by atoms with van der Waals surface area (Å²) < 4.78 is 30.6. The highest BCUT2D eigenvalue weighted by atomic mass is 32.2. The van der Waals surface area contributed by atoms with E-state index in [4.69, 9.17) is 9.52 Å². The predicted octanol–water partition coefficient (Wildman–Crippen LogP) is 0.580. The first-order valence-electron chi connectivity index (χ1n) is 5.33. The molecule has 9 nitrogen and oxygen atoms in total. The van der Waals surface area contributed by atoms with Crippen molar-refractivity contribution in [1.29, 1.82) is 0 Å². The van der Waals surface area contributed by atoms with Gasteiger partial charge < -0.3 is 9.52 Å². The highest BCUT2D eigenvalue weighted by Crippen LogP contribution is 2.16. The number of furan rings is 1. The number of aromatic nitrogens is 3. The molecule has 2 aromatic heterocycles. The molecule has 0 saturated heterocycles. The van der Waals surface area contributed by atoms with Gasteiger partial charge in [-0.3, -0.25) is 0 Å². The molecule has 2 N–H and O–H groups in total. The van der Waals surface area contributed by atoms with Crippen molar-refractivity contribution in [3.05, 3.63) is 29.3 Å². The van der Waals surface area contributed by atoms with Gasteiger partial charge in [0.25, 0.3) is 16.0 Å². The monoisotopic (exact) mass is 298 g/mol. The lowest BCUT2D eigenvalue weighted by Gasteiger charge is -2.04. The molecule has 0 amide bonds. The zero-order valence-corrected chi connectivity index (χ0v) is 11.3. The molecule has 2 heterocycles. The van der Waals surface area contributed by atoms with Gasteiger partial charge in [0.05, 0.1) is 11.4 Å². The number of nitrogens with zero attached hydrogens (tertiary/aromatic N) is 3. The van der Waals surface area contributed by atoms with Crippen LogP contribution in [0, 0.1) is 13.8 Å². The number of aromatic carboxylic acids is 1. The van der Waals surface area contributed by atoms with Crippen molar-refractivity contribution in [3.63, 3.8) is 0 Å². The summed E-state index contributed by atoms with van der Waals surface area (Å²) in [7, 11) is -4.10. The lowest BCUT2D eigenvalue weighted by Crippen LogP contribution is -2.15. The van der Waals surface area contributed by atoms with E-state index in [0.717, 1.165) is 12.1 Å². The van der Waals surface area contributed by atoms with E-state index in [1.54, 1.807) is 13.8 Å². The van der Waals surface area contributed by atoms with Gasteiger partial charge in [0.2, 0.25) is 10.9 Å². The maximum atomic E-state index is 11.9. The van der Waals surface area contributed by atoms with E-state index in [1.807, 2.05) is 0 Å². The molecule has 0 aromatic carbocycles. The van der Waals surface area contributed by atoms with E-state index in [9.17, 15) is 13.2 Å². The average molecular weight is 298 g/mol. The average Bonchev–Trinajstić information content (AvgIpc) is 2.84. The summed E-state index contributed by atoms with van der Waals surface area (Å²) in [5, 5.41) is 15.4. The van der Waals surface area contributed by atoms with Crippen LogP contribution in [0.5, 0.6) is 0 Å². The summed E-state index contributed by atoms with van der Waals surface area (Å²) >= 11 is 0. The number of hydrogen-bond donors (Lipinski definition) is 2. The second-order valence-electron chi connectivity index (χ2n) is 3.84. The molecule has 20 heavy (non-hydrogen) atoms. The number of carboxylic acid groups (broad SMARTS) is 1. The highest BCUT2D eigenvalue weighted by Gasteiger charge is 2.22. The molecular weight excluding hydrogens is 288 g/mol. The fourth-order valence-electron chi connectivity index (χ4n) is 1.25. The minimum absolute atomic E-state index is 0.221. The molecule has 0 aliphatic carbocycles. The van der Waals surface area contributed by atoms with E-state index in [1.165, 1.54) is 0 Å².